The number of nitrogens with two attached hydrogens (primary N) is 2. The molecule has 0 spiro atoms. The summed E-state index contributed by atoms with van der Waals surface area (Å²) in [6.45, 7) is 17.8. The number of hydrogen-bond donors (Lipinski definition) is 2. The highest BCUT2D eigenvalue weighted by Crippen LogP contribution is 2.31. The van der Waals surface area contributed by atoms with Crippen molar-refractivity contribution in [2.24, 2.45) is 11.5 Å². The van der Waals surface area contributed by atoms with Crippen LogP contribution in [0.4, 0.5) is 0 Å². The molecule has 0 aliphatic heterocycles. The highest BCUT2D eigenvalue weighted by atomic mass is 79.9. The molecule has 0 saturated heterocycles. The van der Waals surface area contributed by atoms with E-state index < -0.39 is 17.5 Å². The van der Waals surface area contributed by atoms with Crippen molar-refractivity contribution >= 4 is 110 Å². The molecule has 4 N–H and O–H groups in total. The van der Waals surface area contributed by atoms with Crippen LogP contribution in [0.15, 0.2) is 80.2 Å². The van der Waals surface area contributed by atoms with E-state index in [-0.39, 0.29) is 35.0 Å². The number of alkyl halides is 1. The van der Waals surface area contributed by atoms with Crippen LogP contribution in [-0.4, -0.2) is 50.1 Å². The normalized spacial score (nSPS) is 12.5. The van der Waals surface area contributed by atoms with Crippen molar-refractivity contribution in [1.29, 1.82) is 0 Å². The van der Waals surface area contributed by atoms with E-state index >= 15 is 0 Å². The Labute approximate surface area is 354 Å². The van der Waals surface area contributed by atoms with Crippen molar-refractivity contribution in [3.05, 3.63) is 120 Å². The van der Waals surface area contributed by atoms with E-state index in [4.69, 9.17) is 27.5 Å². The van der Waals surface area contributed by atoms with Gasteiger partial charge in [-0.1, -0.05) is 94.1 Å². The van der Waals surface area contributed by atoms with Gasteiger partial charge in [-0.2, -0.15) is 5.10 Å². The highest BCUT2D eigenvalue weighted by Gasteiger charge is 2.21. The maximum Gasteiger partial charge on any atom is 0.328 e. The number of primary amides is 2. The van der Waals surface area contributed by atoms with E-state index in [0.29, 0.717) is 16.5 Å². The zero-order valence-corrected chi connectivity index (χ0v) is 37.5. The predicted molar refractivity (Wildman–Crippen MR) is 229 cm³/mol. The number of carbonyl (C=O) groups excluding carboxylic acids is 4. The molecule has 0 radical (unpaired) electrons. The third kappa shape index (κ3) is 13.9. The van der Waals surface area contributed by atoms with Crippen LogP contribution in [0.1, 0.15) is 74.3 Å². The van der Waals surface area contributed by atoms with Crippen LogP contribution in [-0.2, 0) is 43.2 Å². The van der Waals surface area contributed by atoms with Gasteiger partial charge >= 0.3 is 11.9 Å². The van der Waals surface area contributed by atoms with Crippen LogP contribution in [0.2, 0.25) is 0 Å². The van der Waals surface area contributed by atoms with Crippen molar-refractivity contribution in [2.75, 3.05) is 5.33 Å². The maximum atomic E-state index is 11.9. The summed E-state index contributed by atoms with van der Waals surface area (Å²) in [6.07, 6.45) is 5.56. The van der Waals surface area contributed by atoms with Crippen LogP contribution in [0, 0.1) is 6.57 Å². The number of benzene rings is 3. The molecule has 6 rings (SSSR count). The fraction of sp³-hybridized carbons (Fsp3) is 0.300. The Bertz CT molecular complexity index is 2210. The topological polar surface area (TPSA) is 161 Å². The number of aromatic nitrogens is 2. The number of esters is 2. The second kappa shape index (κ2) is 19.7. The predicted octanol–water partition coefficient (Wildman–Crippen LogP) is 9.10. The van der Waals surface area contributed by atoms with E-state index in [1.54, 1.807) is 39.0 Å². The Hall–Kier alpha value is -4.10. The van der Waals surface area contributed by atoms with Gasteiger partial charge < -0.3 is 20.9 Å². The molecule has 2 aliphatic rings. The summed E-state index contributed by atoms with van der Waals surface area (Å²) < 4.78 is 14.4. The smallest absolute Gasteiger partial charge is 0.328 e. The zero-order valence-electron chi connectivity index (χ0n) is 31.1. The molecule has 1 heterocycles. The largest absolute Gasteiger partial charge is 0.459 e. The Morgan fingerprint density at radius 2 is 1.27 bits per heavy atom. The monoisotopic (exact) mass is 1000 g/mol. The molecule has 1 aromatic heterocycles. The van der Waals surface area contributed by atoms with Gasteiger partial charge in [0, 0.05) is 24.4 Å². The van der Waals surface area contributed by atoms with Crippen molar-refractivity contribution in [3.63, 3.8) is 0 Å². The van der Waals surface area contributed by atoms with Gasteiger partial charge in [0.2, 0.25) is 5.91 Å². The number of carbonyl (C=O) groups is 4. The van der Waals surface area contributed by atoms with Gasteiger partial charge in [-0.15, -0.1) is 0 Å². The molecule has 2 amide bonds. The molecule has 4 aromatic rings. The summed E-state index contributed by atoms with van der Waals surface area (Å²) in [6, 6.07) is 17.3. The number of fused-ring (bicyclic) bond motifs is 3. The first-order valence-corrected chi connectivity index (χ1v) is 20.2. The summed E-state index contributed by atoms with van der Waals surface area (Å²) in [5, 5.41) is 4.99. The number of halogens is 4. The molecule has 55 heavy (non-hydrogen) atoms. The molecule has 0 bridgehead atoms. The van der Waals surface area contributed by atoms with Gasteiger partial charge in [0.05, 0.1) is 12.1 Å². The first-order valence-electron chi connectivity index (χ1n) is 16.7. The molecular formula is C40H41Br4N5O6. The van der Waals surface area contributed by atoms with Crippen molar-refractivity contribution in [3.8, 4) is 0 Å². The van der Waals surface area contributed by atoms with Crippen LogP contribution in [0.3, 0.4) is 0 Å². The summed E-state index contributed by atoms with van der Waals surface area (Å²) >= 11 is 13.1. The van der Waals surface area contributed by atoms with Crippen molar-refractivity contribution in [2.45, 2.75) is 72.1 Å². The Balaban J connectivity index is 0.000000208. The van der Waals surface area contributed by atoms with Gasteiger partial charge in [-0.25, -0.2) is 4.85 Å². The van der Waals surface area contributed by atoms with Crippen molar-refractivity contribution < 1.29 is 28.7 Å². The SMILES string of the molecule is CC(C)(C)OC(=O)CBr.CC(C)(C)OC(=O)Cn1nc(C(N)=O)c2cc(Br)ccc21.NC(=O)C1=CCc2ccc(Br)cc21.[C-]#[N+]C1=CCc2ccc(Br)cc21. The fourth-order valence-electron chi connectivity index (χ4n) is 5.24. The quantitative estimate of drug-likeness (QED) is 0.115. The number of hydrogen-bond acceptors (Lipinski definition) is 7. The minimum absolute atomic E-state index is 0.0807. The van der Waals surface area contributed by atoms with Gasteiger partial charge in [0.15, 0.2) is 11.4 Å². The summed E-state index contributed by atoms with van der Waals surface area (Å²) in [5.41, 5.74) is 16.3. The van der Waals surface area contributed by atoms with Crippen LogP contribution in [0.25, 0.3) is 27.0 Å². The zero-order chi connectivity index (χ0) is 41.2. The molecule has 3 aromatic carbocycles. The molecule has 2 aliphatic carbocycles. The Morgan fingerprint density at radius 3 is 1.78 bits per heavy atom. The molecule has 0 saturated carbocycles. The average Bonchev–Trinajstić information content (AvgIpc) is 3.78. The lowest BCUT2D eigenvalue weighted by atomic mass is 10.1. The number of amides is 2. The summed E-state index contributed by atoms with van der Waals surface area (Å²) in [7, 11) is 0. The van der Waals surface area contributed by atoms with Gasteiger partial charge in [0.25, 0.3) is 5.91 Å². The third-order valence-corrected chi connectivity index (χ3v) is 9.25. The molecule has 0 fully saturated rings. The molecular weight excluding hydrogens is 966 g/mol. The maximum absolute atomic E-state index is 11.9. The standard InChI is InChI=1S/C14H16BrN3O3.C10H8BrNO.C10H6BrN.C6H11BrO2/c1-14(2,3)21-11(19)7-18-10-5-4-8(15)6-9(10)12(17-18)13(16)20;11-7-3-1-6-2-4-8(10(12)13)9(6)5-7;1-12-10-5-3-7-2-4-8(11)6-9(7)10;1-6(2,3)9-5(8)4-7/h4-6H,7H2,1-3H3,(H2,16,20);1,3-5H,2H2,(H2,12,13);2,4-6H,3H2;4H2,1-3H3. The van der Waals surface area contributed by atoms with E-state index in [1.807, 2.05) is 63.3 Å². The Morgan fingerprint density at radius 1 is 0.764 bits per heavy atom. The summed E-state index contributed by atoms with van der Waals surface area (Å²) in [4.78, 5) is 48.4. The minimum atomic E-state index is -0.638. The number of ether oxygens (including phenoxy) is 2. The second-order valence-corrected chi connectivity index (χ2v) is 17.3. The van der Waals surface area contributed by atoms with Crippen molar-refractivity contribution in [1.82, 2.24) is 9.78 Å². The van der Waals surface area contributed by atoms with Crippen LogP contribution < -0.4 is 11.5 Å². The number of rotatable bonds is 5. The van der Waals surface area contributed by atoms with Gasteiger partial charge in [-0.05, 0) is 113 Å². The fourth-order valence-corrected chi connectivity index (χ4v) is 6.44. The molecule has 290 valence electrons. The Kier molecular flexibility index (Phi) is 16.2. The molecule has 15 heteroatoms. The highest BCUT2D eigenvalue weighted by molar-refractivity contribution is 9.11. The van der Waals surface area contributed by atoms with Gasteiger partial charge in [0.1, 0.15) is 23.1 Å². The van der Waals surface area contributed by atoms with E-state index in [0.717, 1.165) is 48.6 Å². The number of allylic oxidation sites excluding steroid dienone is 2. The third-order valence-electron chi connectivity index (χ3n) is 7.31. The first kappa shape index (κ1) is 45.3. The average molecular weight is 1010 g/mol. The first-order chi connectivity index (χ1) is 25.6. The number of nitrogens with zero attached hydrogens (tertiary/aromatic N) is 3. The van der Waals surface area contributed by atoms with E-state index in [9.17, 15) is 19.2 Å². The lowest BCUT2D eigenvalue weighted by Gasteiger charge is -2.19. The van der Waals surface area contributed by atoms with Crippen LogP contribution in [0.5, 0.6) is 0 Å². The van der Waals surface area contributed by atoms with E-state index in [2.05, 4.69) is 79.7 Å². The lowest BCUT2D eigenvalue weighted by molar-refractivity contribution is -0.156. The second-order valence-electron chi connectivity index (χ2n) is 14.0. The molecule has 11 nitrogen and oxygen atoms in total. The minimum Gasteiger partial charge on any atom is -0.459 e. The van der Waals surface area contributed by atoms with Crippen LogP contribution >= 0.6 is 63.7 Å². The molecule has 0 unspecified atom stereocenters. The summed E-state index contributed by atoms with van der Waals surface area (Å²) in [5.74, 6) is -1.63. The lowest BCUT2D eigenvalue weighted by Crippen LogP contribution is -2.27. The molecule has 0 atom stereocenters. The van der Waals surface area contributed by atoms with E-state index in [1.165, 1.54) is 10.2 Å². The van der Waals surface area contributed by atoms with Gasteiger partial charge in [-0.3, -0.25) is 23.9 Å².